The van der Waals surface area contributed by atoms with Crippen LogP contribution in [-0.4, -0.2) is 41.6 Å². The van der Waals surface area contributed by atoms with E-state index < -0.39 is 52.9 Å². The van der Waals surface area contributed by atoms with Crippen LogP contribution in [0.3, 0.4) is 0 Å². The molecule has 1 aliphatic carbocycles. The Kier molecular flexibility index (Phi) is 5.17. The van der Waals surface area contributed by atoms with Crippen molar-refractivity contribution in [2.24, 2.45) is 11.8 Å². The van der Waals surface area contributed by atoms with Gasteiger partial charge in [0.05, 0.1) is 35.8 Å². The number of amides is 2. The maximum atomic E-state index is 13.9. The molecule has 3 aliphatic rings. The molecule has 2 saturated heterocycles. The molecule has 0 bridgehead atoms. The van der Waals surface area contributed by atoms with Crippen LogP contribution in [0.4, 0.5) is 5.69 Å². The first-order chi connectivity index (χ1) is 17.9. The third-order valence-corrected chi connectivity index (χ3v) is 7.28. The Bertz CT molecular complexity index is 1440. The zero-order valence-corrected chi connectivity index (χ0v) is 19.7. The van der Waals surface area contributed by atoms with Crippen LogP contribution < -0.4 is 4.90 Å². The Morgan fingerprint density at radius 2 is 1.43 bits per heavy atom. The number of carbonyl (C=O) groups excluding carboxylic acids is 5. The molecule has 3 unspecified atom stereocenters. The molecule has 2 fully saturated rings. The fourth-order valence-corrected chi connectivity index (χ4v) is 5.68. The summed E-state index contributed by atoms with van der Waals surface area (Å²) in [6, 6.07) is 21.0. The van der Waals surface area contributed by atoms with Crippen LogP contribution in [0, 0.1) is 11.8 Å². The molecule has 3 aromatic rings. The summed E-state index contributed by atoms with van der Waals surface area (Å²) in [5.74, 6) is -5.41. The normalized spacial score (nSPS) is 23.5. The van der Waals surface area contributed by atoms with E-state index in [1.54, 1.807) is 49.4 Å². The van der Waals surface area contributed by atoms with Gasteiger partial charge in [0.2, 0.25) is 29.0 Å². The van der Waals surface area contributed by atoms with E-state index in [2.05, 4.69) is 0 Å². The van der Waals surface area contributed by atoms with Gasteiger partial charge in [0.1, 0.15) is 0 Å². The van der Waals surface area contributed by atoms with Crippen molar-refractivity contribution in [3.63, 3.8) is 0 Å². The minimum absolute atomic E-state index is 0.178. The maximum absolute atomic E-state index is 13.9. The van der Waals surface area contributed by atoms with E-state index in [0.29, 0.717) is 5.56 Å². The second-order valence-corrected chi connectivity index (χ2v) is 9.17. The number of anilines is 1. The number of imide groups is 1. The number of hydrogen-bond donors (Lipinski definition) is 0. The Labute approximate surface area is 211 Å². The molecule has 2 amide bonds. The molecule has 3 aromatic carbocycles. The lowest BCUT2D eigenvalue weighted by atomic mass is 9.77. The largest absolute Gasteiger partial charge is 0.462 e. The first-order valence-electron chi connectivity index (χ1n) is 12.0. The van der Waals surface area contributed by atoms with Crippen LogP contribution >= 0.6 is 0 Å². The predicted molar refractivity (Wildman–Crippen MR) is 130 cm³/mol. The van der Waals surface area contributed by atoms with Crippen LogP contribution in [0.1, 0.15) is 49.7 Å². The van der Waals surface area contributed by atoms with E-state index in [0.717, 1.165) is 4.90 Å². The third kappa shape index (κ3) is 3.09. The number of hydrogen-bond acceptors (Lipinski definition) is 7. The third-order valence-electron chi connectivity index (χ3n) is 7.28. The van der Waals surface area contributed by atoms with Crippen molar-refractivity contribution >= 4 is 35.0 Å². The average molecular weight is 495 g/mol. The molecule has 6 rings (SSSR count). The van der Waals surface area contributed by atoms with Gasteiger partial charge in [-0.1, -0.05) is 54.6 Å². The highest BCUT2D eigenvalue weighted by Crippen LogP contribution is 2.57. The van der Waals surface area contributed by atoms with Crippen LogP contribution in [0.25, 0.3) is 0 Å². The minimum atomic E-state index is -2.12. The monoisotopic (exact) mass is 495 g/mol. The molecule has 2 heterocycles. The number of Topliss-reactive ketones (excluding diaryl/α,β-unsaturated/α-hetero) is 2. The first-order valence-corrected chi connectivity index (χ1v) is 12.0. The number of carbonyl (C=O) groups is 5. The van der Waals surface area contributed by atoms with Crippen LogP contribution in [-0.2, 0) is 19.1 Å². The van der Waals surface area contributed by atoms with Gasteiger partial charge in [0.25, 0.3) is 0 Å². The number of rotatable bonds is 4. The number of ether oxygens (including phenoxy) is 2. The molecule has 0 N–H and O–H groups in total. The summed E-state index contributed by atoms with van der Waals surface area (Å²) in [6.07, 6.45) is -0.978. The molecule has 3 atom stereocenters. The van der Waals surface area contributed by atoms with E-state index >= 15 is 0 Å². The van der Waals surface area contributed by atoms with Crippen molar-refractivity contribution in [1.29, 1.82) is 0 Å². The van der Waals surface area contributed by atoms with Gasteiger partial charge in [-0.05, 0) is 36.8 Å². The summed E-state index contributed by atoms with van der Waals surface area (Å²) in [6.45, 7) is 1.90. The summed E-state index contributed by atoms with van der Waals surface area (Å²) in [5, 5.41) is 0. The summed E-state index contributed by atoms with van der Waals surface area (Å²) in [4.78, 5) is 68.3. The summed E-state index contributed by atoms with van der Waals surface area (Å²) in [5.41, 5.74) is -0.680. The molecule has 8 nitrogen and oxygen atoms in total. The molecule has 0 aromatic heterocycles. The standard InChI is InChI=1S/C29H21NO7/c1-2-36-28(35)17-12-14-18(15-13-17)30-26(33)21-22(27(30)34)29(37-23(21)16-8-4-3-5-9-16)24(31)19-10-6-7-11-20(19)25(29)32/h3-15,21-23H,2H2,1H3. The van der Waals surface area contributed by atoms with Gasteiger partial charge in [-0.25, -0.2) is 9.69 Å². The number of fused-ring (bicyclic) bond motifs is 3. The van der Waals surface area contributed by atoms with Gasteiger partial charge in [0.15, 0.2) is 0 Å². The number of nitrogens with zero attached hydrogens (tertiary/aromatic N) is 1. The predicted octanol–water partition coefficient (Wildman–Crippen LogP) is 3.56. The van der Waals surface area contributed by atoms with Crippen molar-refractivity contribution in [1.82, 2.24) is 0 Å². The highest BCUT2D eigenvalue weighted by atomic mass is 16.5. The van der Waals surface area contributed by atoms with E-state index in [1.165, 1.54) is 36.4 Å². The molecule has 0 saturated carbocycles. The summed E-state index contributed by atoms with van der Waals surface area (Å²) < 4.78 is 11.2. The number of esters is 1. The van der Waals surface area contributed by atoms with Gasteiger partial charge in [-0.15, -0.1) is 0 Å². The lowest BCUT2D eigenvalue weighted by molar-refractivity contribution is -0.127. The first kappa shape index (κ1) is 23.0. The second-order valence-electron chi connectivity index (χ2n) is 9.17. The molecule has 37 heavy (non-hydrogen) atoms. The van der Waals surface area contributed by atoms with E-state index in [-0.39, 0.29) is 29.0 Å². The summed E-state index contributed by atoms with van der Waals surface area (Å²) >= 11 is 0. The second kappa shape index (κ2) is 8.31. The van der Waals surface area contributed by atoms with Crippen LogP contribution in [0.15, 0.2) is 78.9 Å². The molecule has 1 spiro atoms. The van der Waals surface area contributed by atoms with Gasteiger partial charge >= 0.3 is 5.97 Å². The van der Waals surface area contributed by atoms with Crippen molar-refractivity contribution in [3.8, 4) is 0 Å². The van der Waals surface area contributed by atoms with E-state index in [1.807, 2.05) is 0 Å². The van der Waals surface area contributed by atoms with Crippen molar-refractivity contribution in [2.75, 3.05) is 11.5 Å². The molecule has 8 heteroatoms. The lowest BCUT2D eigenvalue weighted by Crippen LogP contribution is -2.51. The number of benzene rings is 3. The van der Waals surface area contributed by atoms with Crippen LogP contribution in [0.5, 0.6) is 0 Å². The molecular formula is C29H21NO7. The Morgan fingerprint density at radius 3 is 2.03 bits per heavy atom. The van der Waals surface area contributed by atoms with Gasteiger partial charge in [-0.2, -0.15) is 0 Å². The highest BCUT2D eigenvalue weighted by Gasteiger charge is 2.74. The zero-order chi connectivity index (χ0) is 25.9. The topological polar surface area (TPSA) is 107 Å². The Hall–Kier alpha value is -4.43. The fraction of sp³-hybridized carbons (Fsp3) is 0.207. The van der Waals surface area contributed by atoms with Crippen LogP contribution in [0.2, 0.25) is 0 Å². The van der Waals surface area contributed by atoms with E-state index in [9.17, 15) is 24.0 Å². The van der Waals surface area contributed by atoms with E-state index in [4.69, 9.17) is 9.47 Å². The fourth-order valence-electron chi connectivity index (χ4n) is 5.68. The minimum Gasteiger partial charge on any atom is -0.462 e. The summed E-state index contributed by atoms with van der Waals surface area (Å²) in [7, 11) is 0. The quantitative estimate of drug-likeness (QED) is 0.309. The Balaban J connectivity index is 1.46. The molecular weight excluding hydrogens is 474 g/mol. The van der Waals surface area contributed by atoms with Gasteiger partial charge in [0, 0.05) is 11.1 Å². The average Bonchev–Trinajstić information content (AvgIpc) is 3.49. The zero-order valence-electron chi connectivity index (χ0n) is 19.7. The van der Waals surface area contributed by atoms with Crippen molar-refractivity contribution < 1.29 is 33.4 Å². The van der Waals surface area contributed by atoms with Crippen molar-refractivity contribution in [2.45, 2.75) is 18.6 Å². The maximum Gasteiger partial charge on any atom is 0.338 e. The molecule has 2 aliphatic heterocycles. The molecule has 0 radical (unpaired) electrons. The lowest BCUT2D eigenvalue weighted by Gasteiger charge is -2.27. The van der Waals surface area contributed by atoms with Gasteiger partial charge in [-0.3, -0.25) is 19.2 Å². The SMILES string of the molecule is CCOC(=O)c1ccc(N2C(=O)C3C(c4ccccc4)OC4(C(=O)c5ccccc5C4=O)C3C2=O)cc1. The van der Waals surface area contributed by atoms with Crippen molar-refractivity contribution in [3.05, 3.63) is 101 Å². The number of ketones is 2. The Morgan fingerprint density at radius 1 is 0.838 bits per heavy atom. The van der Waals surface area contributed by atoms with Gasteiger partial charge < -0.3 is 9.47 Å². The molecule has 184 valence electrons. The smallest absolute Gasteiger partial charge is 0.338 e. The highest BCUT2D eigenvalue weighted by molar-refractivity contribution is 6.37.